The smallest absolute Gasteiger partial charge is 0.00238 e. The maximum atomic E-state index is 2.24. The van der Waals surface area contributed by atoms with Gasteiger partial charge in [0.25, 0.3) is 0 Å². The van der Waals surface area contributed by atoms with E-state index >= 15 is 0 Å². The van der Waals surface area contributed by atoms with Gasteiger partial charge in [0.1, 0.15) is 0 Å². The summed E-state index contributed by atoms with van der Waals surface area (Å²) >= 11 is 19.1. The summed E-state index contributed by atoms with van der Waals surface area (Å²) < 4.78 is 0. The van der Waals surface area contributed by atoms with Gasteiger partial charge in [0.15, 0.2) is 0 Å². The van der Waals surface area contributed by atoms with Gasteiger partial charge in [-0.1, -0.05) is 6.42 Å². The summed E-state index contributed by atoms with van der Waals surface area (Å²) in [5, 5.41) is 0. The Hall–Kier alpha value is 3.15. The average molecular weight is 667 g/mol. The summed E-state index contributed by atoms with van der Waals surface area (Å²) in [4.78, 5) is 0. The molecule has 0 nitrogen and oxygen atoms in total. The lowest BCUT2D eigenvalue weighted by Gasteiger charge is -2.36. The molecule has 216 valence electrons. The van der Waals surface area contributed by atoms with Crippen LogP contribution in [0.5, 0.6) is 0 Å². The molecule has 0 radical (unpaired) electrons. The molecule has 0 heterocycles. The van der Waals surface area contributed by atoms with Crippen LogP contribution in [-0.2, 0) is 0 Å². The molecule has 9 heteroatoms. The number of thioether (sulfide) groups is 9. The predicted octanol–water partition coefficient (Wildman–Crippen LogP) is 9.68. The van der Waals surface area contributed by atoms with E-state index in [1.165, 1.54) is 125 Å². The maximum Gasteiger partial charge on any atom is 0.00238 e. The van der Waals surface area contributed by atoms with Gasteiger partial charge in [0.05, 0.1) is 0 Å². The summed E-state index contributed by atoms with van der Waals surface area (Å²) in [7, 11) is 0. The molecule has 0 amide bonds. The zero-order valence-corrected chi connectivity index (χ0v) is 30.6. The first-order valence-corrected chi connectivity index (χ1v) is 24.9. The van der Waals surface area contributed by atoms with E-state index in [1.807, 2.05) is 35.3 Å². The average Bonchev–Trinajstić information content (AvgIpc) is 2.89. The van der Waals surface area contributed by atoms with Crippen molar-refractivity contribution in [2.75, 3.05) is 105 Å². The van der Waals surface area contributed by atoms with Crippen molar-refractivity contribution in [1.82, 2.24) is 0 Å². The van der Waals surface area contributed by atoms with Gasteiger partial charge in [-0.15, -0.1) is 0 Å². The van der Waals surface area contributed by atoms with E-state index in [9.17, 15) is 0 Å². The van der Waals surface area contributed by atoms with Crippen molar-refractivity contribution < 1.29 is 0 Å². The summed E-state index contributed by atoms with van der Waals surface area (Å²) in [5.74, 6) is 23.3. The van der Waals surface area contributed by atoms with Crippen LogP contribution in [-0.4, -0.2) is 105 Å². The van der Waals surface area contributed by atoms with Crippen molar-refractivity contribution in [3.8, 4) is 0 Å². The Morgan fingerprint density at radius 3 is 1.19 bits per heavy atom. The van der Waals surface area contributed by atoms with Crippen LogP contribution < -0.4 is 0 Å². The van der Waals surface area contributed by atoms with E-state index in [0.29, 0.717) is 0 Å². The Labute approximate surface area is 264 Å². The molecule has 1 aliphatic rings. The van der Waals surface area contributed by atoms with Gasteiger partial charge in [0.2, 0.25) is 0 Å². The Bertz CT molecular complexity index is 441. The molecule has 0 aliphatic heterocycles. The Balaban J connectivity index is 2.26. The number of hydrogen-bond acceptors (Lipinski definition) is 9. The second-order valence-electron chi connectivity index (χ2n) is 9.22. The quantitative estimate of drug-likeness (QED) is 0.0779. The SMILES string of the molecule is CSCCSCCSCCC1CCC(CCSCCSCCSC)C(CCSCCSCCSC)C1. The van der Waals surface area contributed by atoms with Crippen LogP contribution in [0, 0.1) is 17.8 Å². The number of rotatable bonds is 27. The first-order valence-electron chi connectivity index (χ1n) is 13.7. The van der Waals surface area contributed by atoms with E-state index in [1.54, 1.807) is 0 Å². The first-order chi connectivity index (χ1) is 17.8. The molecule has 1 saturated carbocycles. The zero-order chi connectivity index (χ0) is 25.9. The second-order valence-corrected chi connectivity index (χ2v) is 19.5. The van der Waals surface area contributed by atoms with Gasteiger partial charge in [-0.3, -0.25) is 0 Å². The zero-order valence-electron chi connectivity index (χ0n) is 23.3. The lowest BCUT2D eigenvalue weighted by molar-refractivity contribution is 0.169. The second kappa shape index (κ2) is 29.6. The third-order valence-electron chi connectivity index (χ3n) is 6.60. The molecule has 3 unspecified atom stereocenters. The van der Waals surface area contributed by atoms with Crippen LogP contribution in [0.15, 0.2) is 0 Å². The standard InChI is InChI=1S/C27H54S9/c1-28-12-15-34-21-18-31-9-6-25-4-5-26(7-10-32-19-22-35-16-13-29-2)27(24-25)8-11-33-20-23-36-17-14-30-3/h25-27H,4-24H2,1-3H3. The van der Waals surface area contributed by atoms with E-state index in [-0.39, 0.29) is 0 Å². The fourth-order valence-electron chi connectivity index (χ4n) is 4.53. The van der Waals surface area contributed by atoms with Crippen LogP contribution >= 0.6 is 106 Å². The molecule has 0 aromatic heterocycles. The van der Waals surface area contributed by atoms with Crippen molar-refractivity contribution in [3.05, 3.63) is 0 Å². The summed E-state index contributed by atoms with van der Waals surface area (Å²) in [6, 6.07) is 0. The lowest BCUT2D eigenvalue weighted by Crippen LogP contribution is -2.26. The monoisotopic (exact) mass is 666 g/mol. The van der Waals surface area contributed by atoms with Crippen LogP contribution in [0.3, 0.4) is 0 Å². The summed E-state index contributed by atoms with van der Waals surface area (Å²) in [5.41, 5.74) is 0. The first kappa shape index (κ1) is 37.2. The van der Waals surface area contributed by atoms with Gasteiger partial charge in [-0.05, 0) is 85.9 Å². The van der Waals surface area contributed by atoms with Gasteiger partial charge in [-0.25, -0.2) is 0 Å². The van der Waals surface area contributed by atoms with Crippen molar-refractivity contribution in [1.29, 1.82) is 0 Å². The highest BCUT2D eigenvalue weighted by atomic mass is 32.2. The molecule has 0 spiro atoms. The van der Waals surface area contributed by atoms with Gasteiger partial charge in [-0.2, -0.15) is 106 Å². The van der Waals surface area contributed by atoms with Crippen LogP contribution in [0.2, 0.25) is 0 Å². The highest BCUT2D eigenvalue weighted by Gasteiger charge is 2.29. The molecule has 0 saturated heterocycles. The van der Waals surface area contributed by atoms with Crippen molar-refractivity contribution in [2.45, 2.75) is 38.5 Å². The Kier molecular flexibility index (Phi) is 30.6. The Morgan fingerprint density at radius 1 is 0.389 bits per heavy atom. The van der Waals surface area contributed by atoms with Crippen molar-refractivity contribution in [2.24, 2.45) is 17.8 Å². The molecular weight excluding hydrogens is 613 g/mol. The van der Waals surface area contributed by atoms with Gasteiger partial charge in [0, 0.05) is 69.0 Å². The van der Waals surface area contributed by atoms with Crippen LogP contribution in [0.1, 0.15) is 38.5 Å². The van der Waals surface area contributed by atoms with E-state index < -0.39 is 0 Å². The van der Waals surface area contributed by atoms with E-state index in [4.69, 9.17) is 0 Å². The Morgan fingerprint density at radius 2 is 0.750 bits per heavy atom. The molecular formula is C27H54S9. The summed E-state index contributed by atoms with van der Waals surface area (Å²) in [6.45, 7) is 0. The number of hydrogen-bond donors (Lipinski definition) is 0. The third-order valence-corrected chi connectivity index (χ3v) is 16.0. The minimum Gasteiger partial charge on any atom is -0.165 e. The summed E-state index contributed by atoms with van der Waals surface area (Å²) in [6.07, 6.45) is 15.7. The molecule has 1 rings (SSSR count). The molecule has 0 N–H and O–H groups in total. The third kappa shape index (κ3) is 22.8. The fraction of sp³-hybridized carbons (Fsp3) is 1.00. The van der Waals surface area contributed by atoms with Crippen LogP contribution in [0.25, 0.3) is 0 Å². The lowest BCUT2D eigenvalue weighted by atomic mass is 9.71. The molecule has 0 aromatic rings. The predicted molar refractivity (Wildman–Crippen MR) is 197 cm³/mol. The molecule has 1 fully saturated rings. The largest absolute Gasteiger partial charge is 0.165 e. The normalized spacial score (nSPS) is 20.2. The topological polar surface area (TPSA) is 0 Å². The molecule has 1 aliphatic carbocycles. The van der Waals surface area contributed by atoms with E-state index in [2.05, 4.69) is 89.3 Å². The van der Waals surface area contributed by atoms with E-state index in [0.717, 1.165) is 17.8 Å². The molecule has 0 aromatic carbocycles. The fourth-order valence-corrected chi connectivity index (χ4v) is 13.4. The molecule has 0 bridgehead atoms. The van der Waals surface area contributed by atoms with Crippen molar-refractivity contribution >= 4 is 106 Å². The minimum absolute atomic E-state index is 1.00. The van der Waals surface area contributed by atoms with Crippen molar-refractivity contribution in [3.63, 3.8) is 0 Å². The highest BCUT2D eigenvalue weighted by Crippen LogP contribution is 2.40. The highest BCUT2D eigenvalue weighted by molar-refractivity contribution is 8.05. The molecule has 3 atom stereocenters. The minimum atomic E-state index is 1.00. The maximum absolute atomic E-state index is 2.24. The van der Waals surface area contributed by atoms with Gasteiger partial charge >= 0.3 is 0 Å². The van der Waals surface area contributed by atoms with Gasteiger partial charge < -0.3 is 0 Å². The molecule has 36 heavy (non-hydrogen) atoms. The van der Waals surface area contributed by atoms with Crippen LogP contribution in [0.4, 0.5) is 0 Å².